The number of hydrogen-bond acceptors (Lipinski definition) is 3. The van der Waals surface area contributed by atoms with Gasteiger partial charge in [-0.05, 0) is 24.6 Å². The maximum atomic E-state index is 11.8. The molecule has 0 bridgehead atoms. The van der Waals surface area contributed by atoms with Crippen molar-refractivity contribution in [3.05, 3.63) is 29.8 Å². The van der Waals surface area contributed by atoms with Gasteiger partial charge in [0, 0.05) is 51.3 Å². The van der Waals surface area contributed by atoms with Crippen molar-refractivity contribution >= 4 is 23.5 Å². The molecule has 0 radical (unpaired) electrons. The summed E-state index contributed by atoms with van der Waals surface area (Å²) in [6, 6.07) is 7.78. The average Bonchev–Trinajstić information content (AvgIpc) is 2.66. The Balaban J connectivity index is 1.96. The lowest BCUT2D eigenvalue weighted by molar-refractivity contribution is -0.130. The number of guanidine groups is 1. The van der Waals surface area contributed by atoms with Crippen molar-refractivity contribution in [2.45, 2.75) is 34.2 Å². The van der Waals surface area contributed by atoms with Crippen molar-refractivity contribution in [2.75, 3.05) is 38.0 Å². The third-order valence-electron chi connectivity index (χ3n) is 4.52. The largest absolute Gasteiger partial charge is 0.357 e. The quantitative estimate of drug-likeness (QED) is 0.611. The van der Waals surface area contributed by atoms with Crippen LogP contribution in [-0.2, 0) is 16.1 Å². The molecule has 1 saturated heterocycles. The van der Waals surface area contributed by atoms with Crippen molar-refractivity contribution in [1.29, 1.82) is 0 Å². The number of piperazine rings is 1. The number of carbonyl (C=O) groups excluding carboxylic acids is 2. The van der Waals surface area contributed by atoms with E-state index in [2.05, 4.69) is 15.5 Å². The van der Waals surface area contributed by atoms with Gasteiger partial charge >= 0.3 is 0 Å². The molecule has 0 aliphatic carbocycles. The van der Waals surface area contributed by atoms with Gasteiger partial charge in [-0.15, -0.1) is 0 Å². The summed E-state index contributed by atoms with van der Waals surface area (Å²) in [6.45, 7) is 11.8. The zero-order valence-electron chi connectivity index (χ0n) is 16.8. The van der Waals surface area contributed by atoms with Gasteiger partial charge in [0.15, 0.2) is 5.96 Å². The topological polar surface area (TPSA) is 77.0 Å². The molecule has 1 aromatic rings. The molecule has 2 amide bonds. The highest BCUT2D eigenvalue weighted by molar-refractivity contribution is 5.92. The third-order valence-corrected chi connectivity index (χ3v) is 4.52. The first kappa shape index (κ1) is 20.7. The van der Waals surface area contributed by atoms with Crippen molar-refractivity contribution in [3.8, 4) is 0 Å². The van der Waals surface area contributed by atoms with Gasteiger partial charge in [0.1, 0.15) is 0 Å². The van der Waals surface area contributed by atoms with Gasteiger partial charge in [0.05, 0.1) is 6.54 Å². The summed E-state index contributed by atoms with van der Waals surface area (Å²) >= 11 is 0. The van der Waals surface area contributed by atoms with E-state index in [9.17, 15) is 9.59 Å². The molecule has 0 aromatic heterocycles. The summed E-state index contributed by atoms with van der Waals surface area (Å²) in [6.07, 6.45) is 0. The van der Waals surface area contributed by atoms with Gasteiger partial charge < -0.3 is 20.4 Å². The molecule has 0 unspecified atom stereocenters. The minimum Gasteiger partial charge on any atom is -0.357 e. The predicted molar refractivity (Wildman–Crippen MR) is 109 cm³/mol. The molecule has 27 heavy (non-hydrogen) atoms. The fraction of sp³-hybridized carbons (Fsp3) is 0.550. The first-order chi connectivity index (χ1) is 12.9. The van der Waals surface area contributed by atoms with Crippen LogP contribution in [0.1, 0.15) is 33.3 Å². The highest BCUT2D eigenvalue weighted by Crippen LogP contribution is 2.12. The fourth-order valence-corrected chi connectivity index (χ4v) is 2.81. The molecule has 7 nitrogen and oxygen atoms in total. The number of nitrogens with one attached hydrogen (secondary N) is 2. The maximum absolute atomic E-state index is 11.8. The second-order valence-corrected chi connectivity index (χ2v) is 7.00. The van der Waals surface area contributed by atoms with Gasteiger partial charge in [-0.25, -0.2) is 4.99 Å². The first-order valence-corrected chi connectivity index (χ1v) is 9.59. The summed E-state index contributed by atoms with van der Waals surface area (Å²) in [5, 5.41) is 6.22. The molecule has 148 valence electrons. The fourth-order valence-electron chi connectivity index (χ4n) is 2.81. The van der Waals surface area contributed by atoms with Crippen LogP contribution in [-0.4, -0.2) is 60.3 Å². The summed E-state index contributed by atoms with van der Waals surface area (Å²) < 4.78 is 0. The number of carbonyl (C=O) groups is 2. The van der Waals surface area contributed by atoms with E-state index in [1.165, 1.54) is 0 Å². The van der Waals surface area contributed by atoms with Crippen LogP contribution in [0.2, 0.25) is 0 Å². The lowest BCUT2D eigenvalue weighted by atomic mass is 10.1. The minimum atomic E-state index is -0.0413. The summed E-state index contributed by atoms with van der Waals surface area (Å²) in [5.74, 6) is 0.972. The molecule has 2 N–H and O–H groups in total. The van der Waals surface area contributed by atoms with E-state index in [1.807, 2.05) is 49.9 Å². The Morgan fingerprint density at radius 2 is 1.67 bits per heavy atom. The summed E-state index contributed by atoms with van der Waals surface area (Å²) in [4.78, 5) is 32.0. The molecule has 1 fully saturated rings. The highest BCUT2D eigenvalue weighted by atomic mass is 16.2. The SMILES string of the molecule is CCNC(=NCc1ccc(NC(=O)C(C)C)cc1)N1CCN(C(C)=O)CC1. The van der Waals surface area contributed by atoms with Gasteiger partial charge in [0.2, 0.25) is 11.8 Å². The van der Waals surface area contributed by atoms with E-state index < -0.39 is 0 Å². The van der Waals surface area contributed by atoms with E-state index in [-0.39, 0.29) is 17.7 Å². The van der Waals surface area contributed by atoms with Crippen molar-refractivity contribution in [3.63, 3.8) is 0 Å². The second-order valence-electron chi connectivity index (χ2n) is 7.00. The van der Waals surface area contributed by atoms with Crippen LogP contribution in [0.25, 0.3) is 0 Å². The summed E-state index contributed by atoms with van der Waals surface area (Å²) in [7, 11) is 0. The Bertz CT molecular complexity index is 661. The van der Waals surface area contributed by atoms with Gasteiger partial charge in [-0.2, -0.15) is 0 Å². The van der Waals surface area contributed by atoms with Crippen molar-refractivity contribution < 1.29 is 9.59 Å². The number of amides is 2. The van der Waals surface area contributed by atoms with E-state index in [1.54, 1.807) is 6.92 Å². The standard InChI is InChI=1S/C20H31N5O2/c1-5-21-20(25-12-10-24(11-13-25)16(4)26)22-14-17-6-8-18(9-7-17)23-19(27)15(2)3/h6-9,15H,5,10-14H2,1-4H3,(H,21,22)(H,23,27). The minimum absolute atomic E-state index is 0.0138. The first-order valence-electron chi connectivity index (χ1n) is 9.59. The van der Waals surface area contributed by atoms with Crippen molar-refractivity contribution in [1.82, 2.24) is 15.1 Å². The number of benzene rings is 1. The number of anilines is 1. The molecule has 2 rings (SSSR count). The molecular weight excluding hydrogens is 342 g/mol. The average molecular weight is 374 g/mol. The van der Waals surface area contributed by atoms with E-state index >= 15 is 0 Å². The Morgan fingerprint density at radius 3 is 2.19 bits per heavy atom. The Labute approximate surface area is 161 Å². The van der Waals surface area contributed by atoms with Crippen LogP contribution >= 0.6 is 0 Å². The van der Waals surface area contributed by atoms with E-state index in [0.29, 0.717) is 6.54 Å². The zero-order valence-corrected chi connectivity index (χ0v) is 16.8. The van der Waals surface area contributed by atoms with E-state index in [4.69, 9.17) is 4.99 Å². The molecule has 1 aromatic carbocycles. The number of rotatable bonds is 5. The number of hydrogen-bond donors (Lipinski definition) is 2. The van der Waals surface area contributed by atoms with Crippen LogP contribution in [0.15, 0.2) is 29.3 Å². The third kappa shape index (κ3) is 6.27. The van der Waals surface area contributed by atoms with Crippen molar-refractivity contribution in [2.24, 2.45) is 10.9 Å². The molecule has 1 aliphatic heterocycles. The summed E-state index contributed by atoms with van der Waals surface area (Å²) in [5.41, 5.74) is 1.88. The Kier molecular flexibility index (Phi) is 7.64. The molecule has 1 aliphatic rings. The lowest BCUT2D eigenvalue weighted by Gasteiger charge is -2.36. The Hall–Kier alpha value is -2.57. The molecule has 0 saturated carbocycles. The second kappa shape index (κ2) is 9.94. The smallest absolute Gasteiger partial charge is 0.226 e. The molecule has 1 heterocycles. The highest BCUT2D eigenvalue weighted by Gasteiger charge is 2.20. The van der Waals surface area contributed by atoms with Crippen LogP contribution in [0.5, 0.6) is 0 Å². The molecule has 0 atom stereocenters. The van der Waals surface area contributed by atoms with Gasteiger partial charge in [-0.3, -0.25) is 9.59 Å². The monoisotopic (exact) mass is 373 g/mol. The number of nitrogens with zero attached hydrogens (tertiary/aromatic N) is 3. The van der Waals surface area contributed by atoms with Gasteiger partial charge in [0.25, 0.3) is 0 Å². The van der Waals surface area contributed by atoms with Crippen LogP contribution in [0.3, 0.4) is 0 Å². The van der Waals surface area contributed by atoms with Crippen LogP contribution in [0.4, 0.5) is 5.69 Å². The van der Waals surface area contributed by atoms with Crippen LogP contribution in [0, 0.1) is 5.92 Å². The molecule has 7 heteroatoms. The lowest BCUT2D eigenvalue weighted by Crippen LogP contribution is -2.53. The Morgan fingerprint density at radius 1 is 1.07 bits per heavy atom. The molecule has 0 spiro atoms. The maximum Gasteiger partial charge on any atom is 0.226 e. The normalized spacial score (nSPS) is 15.1. The van der Waals surface area contributed by atoms with Gasteiger partial charge in [-0.1, -0.05) is 26.0 Å². The number of aliphatic imine (C=N–C) groups is 1. The zero-order chi connectivity index (χ0) is 19.8. The van der Waals surface area contributed by atoms with Crippen LogP contribution < -0.4 is 10.6 Å². The van der Waals surface area contributed by atoms with E-state index in [0.717, 1.165) is 49.9 Å². The molecular formula is C20H31N5O2. The predicted octanol–water partition coefficient (Wildman–Crippen LogP) is 1.91.